The van der Waals surface area contributed by atoms with Crippen molar-refractivity contribution in [1.82, 2.24) is 9.97 Å². The maximum absolute atomic E-state index is 12.3. The van der Waals surface area contributed by atoms with E-state index >= 15 is 0 Å². The first-order valence-electron chi connectivity index (χ1n) is 4.75. The molecule has 1 aromatic heterocycles. The van der Waals surface area contributed by atoms with E-state index in [1.807, 2.05) is 0 Å². The van der Waals surface area contributed by atoms with E-state index in [1.54, 1.807) is 6.92 Å². The van der Waals surface area contributed by atoms with Gasteiger partial charge in [-0.15, -0.1) is 0 Å². The first kappa shape index (κ1) is 14.0. The van der Waals surface area contributed by atoms with Crippen molar-refractivity contribution < 1.29 is 18.3 Å². The van der Waals surface area contributed by atoms with Gasteiger partial charge in [-0.1, -0.05) is 0 Å². The lowest BCUT2D eigenvalue weighted by Crippen LogP contribution is -2.37. The van der Waals surface area contributed by atoms with Gasteiger partial charge >= 0.3 is 6.18 Å². The third-order valence-corrected chi connectivity index (χ3v) is 2.14. The number of aliphatic hydroxyl groups is 1. The molecule has 0 aliphatic rings. The molecule has 0 spiro atoms. The van der Waals surface area contributed by atoms with Crippen LogP contribution in [0.4, 0.5) is 19.0 Å². The Kier molecular flexibility index (Phi) is 4.53. The molecule has 8 heteroatoms. The van der Waals surface area contributed by atoms with Gasteiger partial charge in [0.2, 0.25) is 5.28 Å². The average Bonchev–Trinajstić information content (AvgIpc) is 2.19. The van der Waals surface area contributed by atoms with Crippen LogP contribution in [-0.2, 0) is 0 Å². The molecule has 0 unspecified atom stereocenters. The fraction of sp³-hybridized carbons (Fsp3) is 0.556. The van der Waals surface area contributed by atoms with Crippen molar-refractivity contribution in [2.75, 3.05) is 24.6 Å². The molecule has 0 atom stereocenters. The van der Waals surface area contributed by atoms with E-state index in [2.05, 4.69) is 9.97 Å². The van der Waals surface area contributed by atoms with Crippen molar-refractivity contribution in [3.8, 4) is 0 Å². The van der Waals surface area contributed by atoms with Crippen LogP contribution in [0.5, 0.6) is 0 Å². The Morgan fingerprint density at radius 3 is 2.65 bits per heavy atom. The predicted molar refractivity (Wildman–Crippen MR) is 57.1 cm³/mol. The summed E-state index contributed by atoms with van der Waals surface area (Å²) in [6.45, 7) is -0.195. The van der Waals surface area contributed by atoms with E-state index in [1.165, 1.54) is 6.20 Å². The molecule has 0 aliphatic carbocycles. The molecule has 0 aliphatic heterocycles. The lowest BCUT2D eigenvalue weighted by atomic mass is 10.3. The summed E-state index contributed by atoms with van der Waals surface area (Å²) in [6.07, 6.45) is -3.04. The van der Waals surface area contributed by atoms with E-state index in [9.17, 15) is 13.2 Å². The maximum atomic E-state index is 12.3. The van der Waals surface area contributed by atoms with Gasteiger partial charge in [0, 0.05) is 18.3 Å². The van der Waals surface area contributed by atoms with Crippen molar-refractivity contribution >= 4 is 17.4 Å². The van der Waals surface area contributed by atoms with Gasteiger partial charge in [0.1, 0.15) is 12.4 Å². The van der Waals surface area contributed by atoms with Crippen LogP contribution in [0, 0.1) is 6.92 Å². The molecular formula is C9H11ClF3N3O. The number of anilines is 1. The molecule has 1 N–H and O–H groups in total. The van der Waals surface area contributed by atoms with Gasteiger partial charge in [-0.2, -0.15) is 13.2 Å². The highest BCUT2D eigenvalue weighted by molar-refractivity contribution is 6.28. The largest absolute Gasteiger partial charge is 0.405 e. The zero-order valence-corrected chi connectivity index (χ0v) is 9.76. The van der Waals surface area contributed by atoms with E-state index < -0.39 is 19.3 Å². The second-order valence-electron chi connectivity index (χ2n) is 3.41. The minimum absolute atomic E-state index is 0.0800. The fourth-order valence-corrected chi connectivity index (χ4v) is 1.46. The van der Waals surface area contributed by atoms with Crippen molar-refractivity contribution in [3.63, 3.8) is 0 Å². The predicted octanol–water partition coefficient (Wildman–Crippen LogP) is 1.80. The van der Waals surface area contributed by atoms with Gasteiger partial charge in [-0.3, -0.25) is 0 Å². The van der Waals surface area contributed by atoms with E-state index in [-0.39, 0.29) is 17.6 Å². The molecule has 4 nitrogen and oxygen atoms in total. The van der Waals surface area contributed by atoms with Crippen LogP contribution in [0.1, 0.15) is 5.56 Å². The zero-order valence-electron chi connectivity index (χ0n) is 9.00. The minimum Gasteiger partial charge on any atom is -0.395 e. The first-order chi connectivity index (χ1) is 7.83. The monoisotopic (exact) mass is 269 g/mol. The summed E-state index contributed by atoms with van der Waals surface area (Å²) in [7, 11) is 0. The topological polar surface area (TPSA) is 49.2 Å². The number of hydrogen-bond donors (Lipinski definition) is 1. The van der Waals surface area contributed by atoms with Gasteiger partial charge in [-0.05, 0) is 18.5 Å². The van der Waals surface area contributed by atoms with Crippen molar-refractivity contribution in [2.45, 2.75) is 13.1 Å². The molecule has 17 heavy (non-hydrogen) atoms. The second-order valence-corrected chi connectivity index (χ2v) is 3.74. The zero-order chi connectivity index (χ0) is 13.1. The van der Waals surface area contributed by atoms with Crippen LogP contribution in [0.2, 0.25) is 5.28 Å². The number of aromatic nitrogens is 2. The molecular weight excluding hydrogens is 259 g/mol. The molecule has 0 amide bonds. The molecule has 0 saturated carbocycles. The highest BCUT2D eigenvalue weighted by atomic mass is 35.5. The van der Waals surface area contributed by atoms with Gasteiger partial charge in [-0.25, -0.2) is 9.97 Å². The Bertz CT molecular complexity index is 386. The van der Waals surface area contributed by atoms with Crippen LogP contribution >= 0.6 is 11.6 Å². The molecule has 96 valence electrons. The third kappa shape index (κ3) is 4.35. The summed E-state index contributed by atoms with van der Waals surface area (Å²) in [5, 5.41) is 8.64. The summed E-state index contributed by atoms with van der Waals surface area (Å²) < 4.78 is 37.0. The van der Waals surface area contributed by atoms with Crippen LogP contribution in [0.15, 0.2) is 6.20 Å². The smallest absolute Gasteiger partial charge is 0.395 e. The Labute approximate surface area is 101 Å². The molecule has 0 fully saturated rings. The quantitative estimate of drug-likeness (QED) is 0.847. The number of alkyl halides is 3. The first-order valence-corrected chi connectivity index (χ1v) is 5.13. The summed E-state index contributed by atoms with van der Waals surface area (Å²) in [5.74, 6) is 0.0800. The van der Waals surface area contributed by atoms with E-state index in [0.717, 1.165) is 4.90 Å². The molecule has 0 aromatic carbocycles. The molecule has 0 saturated heterocycles. The van der Waals surface area contributed by atoms with Gasteiger partial charge < -0.3 is 10.0 Å². The normalized spacial score (nSPS) is 11.6. The van der Waals surface area contributed by atoms with Crippen LogP contribution in [0.25, 0.3) is 0 Å². The Balaban J connectivity index is 3.00. The third-order valence-electron chi connectivity index (χ3n) is 1.96. The molecule has 1 aromatic rings. The summed E-state index contributed by atoms with van der Waals surface area (Å²) >= 11 is 5.54. The van der Waals surface area contributed by atoms with Crippen molar-refractivity contribution in [2.24, 2.45) is 0 Å². The minimum atomic E-state index is -4.38. The highest BCUT2D eigenvalue weighted by Crippen LogP contribution is 2.23. The lowest BCUT2D eigenvalue weighted by Gasteiger charge is -2.25. The number of hydrogen-bond acceptors (Lipinski definition) is 4. The maximum Gasteiger partial charge on any atom is 0.405 e. The van der Waals surface area contributed by atoms with Crippen molar-refractivity contribution in [1.29, 1.82) is 0 Å². The molecule has 1 heterocycles. The van der Waals surface area contributed by atoms with Crippen molar-refractivity contribution in [3.05, 3.63) is 17.0 Å². The average molecular weight is 270 g/mol. The lowest BCUT2D eigenvalue weighted by molar-refractivity contribution is -0.120. The summed E-state index contributed by atoms with van der Waals surface area (Å²) in [5.41, 5.74) is 0.465. The Hall–Kier alpha value is -1.08. The van der Waals surface area contributed by atoms with Gasteiger partial charge in [0.15, 0.2) is 0 Å². The van der Waals surface area contributed by atoms with Crippen LogP contribution in [-0.4, -0.2) is 40.9 Å². The van der Waals surface area contributed by atoms with Gasteiger partial charge in [0.25, 0.3) is 0 Å². The molecule has 1 rings (SSSR count). The van der Waals surface area contributed by atoms with Crippen LogP contribution < -0.4 is 4.90 Å². The standard InChI is InChI=1S/C9H11ClF3N3O/c1-6-4-14-8(10)15-7(6)16(2-3-17)5-9(11,12)13/h4,17H,2-3,5H2,1H3. The molecule has 0 radical (unpaired) electrons. The van der Waals surface area contributed by atoms with E-state index in [0.29, 0.717) is 5.56 Å². The number of aliphatic hydroxyl groups excluding tert-OH is 1. The summed E-state index contributed by atoms with van der Waals surface area (Å²) in [4.78, 5) is 8.33. The second kappa shape index (κ2) is 5.50. The Morgan fingerprint density at radius 2 is 2.12 bits per heavy atom. The number of halogens is 4. The van der Waals surface area contributed by atoms with E-state index in [4.69, 9.17) is 16.7 Å². The SMILES string of the molecule is Cc1cnc(Cl)nc1N(CCO)CC(F)(F)F. The summed E-state index contributed by atoms with van der Waals surface area (Å²) in [6, 6.07) is 0. The van der Waals surface area contributed by atoms with Gasteiger partial charge in [0.05, 0.1) is 6.61 Å². The number of nitrogens with zero attached hydrogens (tertiary/aromatic N) is 3. The highest BCUT2D eigenvalue weighted by Gasteiger charge is 2.31. The van der Waals surface area contributed by atoms with Crippen LogP contribution in [0.3, 0.4) is 0 Å². The molecule has 0 bridgehead atoms. The number of rotatable bonds is 4. The fourth-order valence-electron chi connectivity index (χ4n) is 1.33. The number of aryl methyl sites for hydroxylation is 1. The Morgan fingerprint density at radius 1 is 1.47 bits per heavy atom.